The van der Waals surface area contributed by atoms with Crippen LogP contribution in [0.2, 0.25) is 0 Å². The van der Waals surface area contributed by atoms with Crippen molar-refractivity contribution in [2.75, 3.05) is 6.61 Å². The van der Waals surface area contributed by atoms with Crippen LogP contribution in [-0.2, 0) is 36.7 Å². The van der Waals surface area contributed by atoms with E-state index in [-0.39, 0.29) is 18.6 Å². The molecule has 0 amide bonds. The maximum absolute atomic E-state index is 10.3. The highest BCUT2D eigenvalue weighted by atomic mass is 127. The highest BCUT2D eigenvalue weighted by Crippen LogP contribution is 2.58. The number of halogens is 1. The van der Waals surface area contributed by atoms with E-state index in [1.54, 1.807) is 0 Å². The highest BCUT2D eigenvalue weighted by Gasteiger charge is 2.58. The van der Waals surface area contributed by atoms with Gasteiger partial charge in [0.15, 0.2) is 6.29 Å². The van der Waals surface area contributed by atoms with Crippen LogP contribution in [0.15, 0.2) is 59.7 Å². The molecule has 9 nitrogen and oxygen atoms in total. The molecule has 42 heavy (non-hydrogen) atoms. The van der Waals surface area contributed by atoms with E-state index in [9.17, 15) is 10.8 Å². The minimum Gasteiger partial charge on any atom is -0.368 e. The lowest BCUT2D eigenvalue weighted by Gasteiger charge is -2.58. The third-order valence-corrected chi connectivity index (χ3v) is 10.8. The van der Waals surface area contributed by atoms with Crippen molar-refractivity contribution in [3.63, 3.8) is 0 Å². The fraction of sp³-hybridized carbons (Fsp3) is 0.594. The van der Waals surface area contributed by atoms with Gasteiger partial charge in [0, 0.05) is 14.9 Å². The van der Waals surface area contributed by atoms with Crippen LogP contribution in [0.4, 0.5) is 0 Å². The molecule has 10 heteroatoms. The van der Waals surface area contributed by atoms with Crippen LogP contribution in [0.1, 0.15) is 49.7 Å². The number of hydrogen-bond donors (Lipinski definition) is 0. The Labute approximate surface area is 259 Å². The van der Waals surface area contributed by atoms with E-state index in [2.05, 4.69) is 38.7 Å². The SMILES string of the molecule is N#C[C@@]1(Cc2ccccc2I)OC[C@H]2O[C@@H](OC34CC5CC(CC(C5)C3)C4)[C@@H](OCc3ccccc3)[C@@H](N=[N+]=[N-])[C@@H]2O1. The molecule has 0 spiro atoms. The number of ether oxygens (including phenoxy) is 5. The summed E-state index contributed by atoms with van der Waals surface area (Å²) < 4.78 is 33.8. The van der Waals surface area contributed by atoms with E-state index >= 15 is 0 Å². The molecule has 2 aromatic rings. The lowest BCUT2D eigenvalue weighted by molar-refractivity contribution is -0.381. The molecule has 6 fully saturated rings. The minimum absolute atomic E-state index is 0.116. The van der Waals surface area contributed by atoms with Gasteiger partial charge in [0.1, 0.15) is 24.4 Å². The van der Waals surface area contributed by atoms with Crippen molar-refractivity contribution in [2.45, 2.75) is 93.6 Å². The number of rotatable bonds is 8. The molecule has 2 heterocycles. The number of benzene rings is 2. The Kier molecular flexibility index (Phi) is 7.95. The summed E-state index contributed by atoms with van der Waals surface area (Å²) in [4.78, 5) is 3.22. The van der Waals surface area contributed by atoms with Gasteiger partial charge < -0.3 is 23.7 Å². The van der Waals surface area contributed by atoms with Crippen LogP contribution in [-0.4, -0.2) is 48.6 Å². The Hall–Kier alpha value is -2.23. The third kappa shape index (κ3) is 5.57. The van der Waals surface area contributed by atoms with Crippen LogP contribution < -0.4 is 0 Å². The average Bonchev–Trinajstić information content (AvgIpc) is 2.98. The minimum atomic E-state index is -1.55. The van der Waals surface area contributed by atoms with Crippen LogP contribution in [0.3, 0.4) is 0 Å². The Morgan fingerprint density at radius 3 is 2.38 bits per heavy atom. The van der Waals surface area contributed by atoms with Gasteiger partial charge >= 0.3 is 0 Å². The summed E-state index contributed by atoms with van der Waals surface area (Å²) in [6.07, 6.45) is 4.43. The molecule has 0 unspecified atom stereocenters. The predicted molar refractivity (Wildman–Crippen MR) is 161 cm³/mol. The van der Waals surface area contributed by atoms with Crippen molar-refractivity contribution in [1.82, 2.24) is 0 Å². The van der Waals surface area contributed by atoms with E-state index in [0.29, 0.717) is 24.4 Å². The van der Waals surface area contributed by atoms with Gasteiger partial charge in [-0.2, -0.15) is 5.26 Å². The summed E-state index contributed by atoms with van der Waals surface area (Å²) in [7, 11) is 0. The second-order valence-electron chi connectivity index (χ2n) is 12.7. The van der Waals surface area contributed by atoms with Gasteiger partial charge in [0.05, 0.1) is 24.9 Å². The quantitative estimate of drug-likeness (QED) is 0.137. The van der Waals surface area contributed by atoms with Crippen molar-refractivity contribution in [1.29, 1.82) is 5.26 Å². The number of azide groups is 1. The highest BCUT2D eigenvalue weighted by molar-refractivity contribution is 14.1. The molecule has 4 bridgehead atoms. The molecule has 8 rings (SSSR count). The first-order valence-corrected chi connectivity index (χ1v) is 16.0. The summed E-state index contributed by atoms with van der Waals surface area (Å²) in [5.41, 5.74) is 11.4. The van der Waals surface area contributed by atoms with E-state index in [1.165, 1.54) is 19.3 Å². The molecule has 4 aliphatic carbocycles. The zero-order valence-corrected chi connectivity index (χ0v) is 25.5. The molecule has 220 valence electrons. The maximum Gasteiger partial charge on any atom is 0.263 e. The number of fused-ring (bicyclic) bond motifs is 1. The van der Waals surface area contributed by atoms with Crippen molar-refractivity contribution >= 4 is 22.6 Å². The van der Waals surface area contributed by atoms with Crippen LogP contribution >= 0.6 is 22.6 Å². The smallest absolute Gasteiger partial charge is 0.263 e. The first-order valence-electron chi connectivity index (χ1n) is 15.0. The standard InChI is InChI=1S/C32H35IN4O5/c33-25-9-5-4-8-24(25)16-32(19-34)39-18-26-28(41-32)27(36-37-35)29(38-17-20-6-2-1-3-7-20)30(40-26)42-31-13-21-10-22(14-31)12-23(11-21)15-31/h1-9,21-23,26-30H,10-18H2/t21?,22?,23?,26-,27+,28-,29+,30+,31?,32+/m1/s1. The monoisotopic (exact) mass is 682 g/mol. The Bertz CT molecular complexity index is 1350. The lowest BCUT2D eigenvalue weighted by Crippen LogP contribution is -2.67. The van der Waals surface area contributed by atoms with E-state index in [0.717, 1.165) is 34.0 Å². The van der Waals surface area contributed by atoms with Crippen molar-refractivity contribution in [3.05, 3.63) is 79.7 Å². The van der Waals surface area contributed by atoms with Gasteiger partial charge in [0.2, 0.25) is 0 Å². The predicted octanol–water partition coefficient (Wildman–Crippen LogP) is 6.44. The number of nitriles is 1. The first kappa shape index (κ1) is 28.5. The molecule has 6 atom stereocenters. The summed E-state index contributed by atoms with van der Waals surface area (Å²) >= 11 is 2.25. The van der Waals surface area contributed by atoms with Gasteiger partial charge in [-0.25, -0.2) is 0 Å². The molecule has 0 radical (unpaired) electrons. The fourth-order valence-corrected chi connectivity index (χ4v) is 8.96. The summed E-state index contributed by atoms with van der Waals surface area (Å²) in [6.45, 7) is 0.414. The van der Waals surface area contributed by atoms with Crippen molar-refractivity contribution in [3.8, 4) is 6.07 Å². The topological polar surface area (TPSA) is 119 Å². The van der Waals surface area contributed by atoms with Gasteiger partial charge in [-0.1, -0.05) is 53.6 Å². The summed E-state index contributed by atoms with van der Waals surface area (Å²) in [6, 6.07) is 19.2. The molecular weight excluding hydrogens is 647 g/mol. The van der Waals surface area contributed by atoms with Crippen LogP contribution in [0.25, 0.3) is 10.4 Å². The Morgan fingerprint density at radius 1 is 1.02 bits per heavy atom. The first-order chi connectivity index (χ1) is 20.5. The second kappa shape index (κ2) is 11.7. The Balaban J connectivity index is 1.18. The number of nitrogens with zero attached hydrogens (tertiary/aromatic N) is 4. The van der Waals surface area contributed by atoms with E-state index < -0.39 is 36.4 Å². The van der Waals surface area contributed by atoms with E-state index in [4.69, 9.17) is 23.7 Å². The molecule has 6 aliphatic rings. The maximum atomic E-state index is 10.3. The second-order valence-corrected chi connectivity index (χ2v) is 13.9. The number of hydrogen-bond acceptors (Lipinski definition) is 7. The van der Waals surface area contributed by atoms with Crippen molar-refractivity contribution < 1.29 is 23.7 Å². The molecule has 0 aromatic heterocycles. The largest absolute Gasteiger partial charge is 0.368 e. The van der Waals surface area contributed by atoms with Gasteiger partial charge in [-0.3, -0.25) is 0 Å². The van der Waals surface area contributed by atoms with Gasteiger partial charge in [-0.05, 0) is 102 Å². The molecule has 2 aliphatic heterocycles. The zero-order valence-electron chi connectivity index (χ0n) is 23.4. The summed E-state index contributed by atoms with van der Waals surface area (Å²) in [5, 5.41) is 14.5. The van der Waals surface area contributed by atoms with Crippen LogP contribution in [0.5, 0.6) is 0 Å². The zero-order chi connectivity index (χ0) is 28.7. The molecule has 4 saturated carbocycles. The van der Waals surface area contributed by atoms with E-state index in [1.807, 2.05) is 54.6 Å². The lowest BCUT2D eigenvalue weighted by atomic mass is 9.54. The fourth-order valence-electron chi connectivity index (χ4n) is 8.38. The normalized spacial score (nSPS) is 40.1. The Morgan fingerprint density at radius 2 is 1.71 bits per heavy atom. The van der Waals surface area contributed by atoms with Crippen molar-refractivity contribution in [2.24, 2.45) is 22.9 Å². The van der Waals surface area contributed by atoms with Gasteiger partial charge in [-0.15, -0.1) is 0 Å². The summed E-state index contributed by atoms with van der Waals surface area (Å²) in [5.74, 6) is 0.542. The third-order valence-electron chi connectivity index (χ3n) is 9.79. The molecular formula is C32H35IN4O5. The van der Waals surface area contributed by atoms with Crippen LogP contribution in [0, 0.1) is 32.7 Å². The molecule has 2 aromatic carbocycles. The molecule has 0 N–H and O–H groups in total. The van der Waals surface area contributed by atoms with Gasteiger partial charge in [0.25, 0.3) is 5.79 Å². The average molecular weight is 683 g/mol. The molecule has 2 saturated heterocycles.